The summed E-state index contributed by atoms with van der Waals surface area (Å²) in [5.41, 5.74) is 1.46. The van der Waals surface area contributed by atoms with Crippen molar-refractivity contribution in [3.05, 3.63) is 59.5 Å². The molecule has 5 nitrogen and oxygen atoms in total. The second-order valence-electron chi connectivity index (χ2n) is 5.01. The number of rotatable bonds is 8. The van der Waals surface area contributed by atoms with E-state index in [1.54, 1.807) is 31.4 Å². The van der Waals surface area contributed by atoms with Crippen LogP contribution in [-0.2, 0) is 11.3 Å². The minimum absolute atomic E-state index is 0.154. The molecule has 0 radical (unpaired) electrons. The average Bonchev–Trinajstić information content (AvgIpc) is 2.58. The van der Waals surface area contributed by atoms with Crippen LogP contribution in [0.5, 0.6) is 0 Å². The number of benzene rings is 1. The Morgan fingerprint density at radius 1 is 1.22 bits per heavy atom. The van der Waals surface area contributed by atoms with Crippen LogP contribution >= 0.6 is 0 Å². The third kappa shape index (κ3) is 5.67. The SMILES string of the molecule is COCCCNC(=O)c1ccc(NCc2ccc(F)cc2)nc1. The lowest BCUT2D eigenvalue weighted by Gasteiger charge is -2.07. The molecular formula is C17H20FN3O2. The van der Waals surface area contributed by atoms with E-state index in [1.807, 2.05) is 0 Å². The number of amides is 1. The molecule has 23 heavy (non-hydrogen) atoms. The number of carbonyl (C=O) groups is 1. The molecule has 0 fully saturated rings. The molecule has 0 aliphatic carbocycles. The van der Waals surface area contributed by atoms with Crippen molar-refractivity contribution in [2.24, 2.45) is 0 Å². The van der Waals surface area contributed by atoms with Gasteiger partial charge in [-0.05, 0) is 36.2 Å². The molecule has 1 aromatic carbocycles. The van der Waals surface area contributed by atoms with E-state index in [9.17, 15) is 9.18 Å². The highest BCUT2D eigenvalue weighted by Crippen LogP contribution is 2.08. The number of halogens is 1. The monoisotopic (exact) mass is 317 g/mol. The van der Waals surface area contributed by atoms with Crippen molar-refractivity contribution >= 4 is 11.7 Å². The standard InChI is InChI=1S/C17H20FN3O2/c1-23-10-2-9-19-17(22)14-5-8-16(21-12-14)20-11-13-3-6-15(18)7-4-13/h3-8,12H,2,9-11H2,1H3,(H,19,22)(H,20,21). The molecule has 0 spiro atoms. The summed E-state index contributed by atoms with van der Waals surface area (Å²) in [6.45, 7) is 1.72. The summed E-state index contributed by atoms with van der Waals surface area (Å²) >= 11 is 0. The zero-order chi connectivity index (χ0) is 16.5. The summed E-state index contributed by atoms with van der Waals surface area (Å²) in [4.78, 5) is 16.1. The van der Waals surface area contributed by atoms with Crippen molar-refractivity contribution in [3.63, 3.8) is 0 Å². The van der Waals surface area contributed by atoms with Gasteiger partial charge in [0.15, 0.2) is 0 Å². The number of nitrogens with zero attached hydrogens (tertiary/aromatic N) is 1. The molecule has 1 heterocycles. The van der Waals surface area contributed by atoms with E-state index in [4.69, 9.17) is 4.74 Å². The Labute approximate surface area is 134 Å². The van der Waals surface area contributed by atoms with Gasteiger partial charge in [-0.3, -0.25) is 4.79 Å². The number of hydrogen-bond donors (Lipinski definition) is 2. The van der Waals surface area contributed by atoms with Gasteiger partial charge in [0.1, 0.15) is 11.6 Å². The number of anilines is 1. The number of nitrogens with one attached hydrogen (secondary N) is 2. The van der Waals surface area contributed by atoms with Crippen LogP contribution in [0.4, 0.5) is 10.2 Å². The Balaban J connectivity index is 1.81. The first-order chi connectivity index (χ1) is 11.2. The molecule has 1 aromatic heterocycles. The van der Waals surface area contributed by atoms with E-state index >= 15 is 0 Å². The van der Waals surface area contributed by atoms with Gasteiger partial charge in [0.2, 0.25) is 0 Å². The van der Waals surface area contributed by atoms with Crippen molar-refractivity contribution in [3.8, 4) is 0 Å². The molecule has 0 aliphatic rings. The molecule has 0 atom stereocenters. The second kappa shape index (κ2) is 8.85. The quantitative estimate of drug-likeness (QED) is 0.735. The Kier molecular flexibility index (Phi) is 6.50. The zero-order valence-electron chi connectivity index (χ0n) is 13.0. The molecule has 0 saturated carbocycles. The molecule has 6 heteroatoms. The Bertz CT molecular complexity index is 615. The van der Waals surface area contributed by atoms with Crippen molar-refractivity contribution < 1.29 is 13.9 Å². The first-order valence-corrected chi connectivity index (χ1v) is 7.40. The maximum atomic E-state index is 12.8. The van der Waals surface area contributed by atoms with Crippen LogP contribution in [0, 0.1) is 5.82 Å². The van der Waals surface area contributed by atoms with E-state index in [2.05, 4.69) is 15.6 Å². The maximum Gasteiger partial charge on any atom is 0.252 e. The van der Waals surface area contributed by atoms with Crippen molar-refractivity contribution in [1.82, 2.24) is 10.3 Å². The van der Waals surface area contributed by atoms with Crippen LogP contribution in [0.25, 0.3) is 0 Å². The highest BCUT2D eigenvalue weighted by Gasteiger charge is 2.05. The predicted octanol–water partition coefficient (Wildman–Crippen LogP) is 2.60. The van der Waals surface area contributed by atoms with Gasteiger partial charge in [0.25, 0.3) is 5.91 Å². The minimum Gasteiger partial charge on any atom is -0.385 e. The van der Waals surface area contributed by atoms with E-state index in [0.717, 1.165) is 12.0 Å². The first-order valence-electron chi connectivity index (χ1n) is 7.40. The largest absolute Gasteiger partial charge is 0.385 e. The van der Waals surface area contributed by atoms with Gasteiger partial charge in [0.05, 0.1) is 5.56 Å². The lowest BCUT2D eigenvalue weighted by molar-refractivity contribution is 0.0948. The number of methoxy groups -OCH3 is 1. The van der Waals surface area contributed by atoms with E-state index in [0.29, 0.717) is 31.1 Å². The van der Waals surface area contributed by atoms with Gasteiger partial charge in [0, 0.05) is 33.0 Å². The molecule has 0 saturated heterocycles. The van der Waals surface area contributed by atoms with Gasteiger partial charge in [-0.2, -0.15) is 0 Å². The van der Waals surface area contributed by atoms with Crippen LogP contribution in [0.2, 0.25) is 0 Å². The fourth-order valence-corrected chi connectivity index (χ4v) is 1.95. The topological polar surface area (TPSA) is 63.2 Å². The fourth-order valence-electron chi connectivity index (χ4n) is 1.95. The summed E-state index contributed by atoms with van der Waals surface area (Å²) in [6.07, 6.45) is 2.30. The molecule has 2 rings (SSSR count). The lowest BCUT2D eigenvalue weighted by Crippen LogP contribution is -2.25. The summed E-state index contributed by atoms with van der Waals surface area (Å²) in [5, 5.41) is 5.93. The van der Waals surface area contributed by atoms with Crippen LogP contribution in [-0.4, -0.2) is 31.2 Å². The van der Waals surface area contributed by atoms with Crippen molar-refractivity contribution in [1.29, 1.82) is 0 Å². The smallest absolute Gasteiger partial charge is 0.252 e. The lowest BCUT2D eigenvalue weighted by atomic mass is 10.2. The molecule has 0 aliphatic heterocycles. The number of pyridine rings is 1. The highest BCUT2D eigenvalue weighted by atomic mass is 19.1. The highest BCUT2D eigenvalue weighted by molar-refractivity contribution is 5.94. The normalized spacial score (nSPS) is 10.3. The van der Waals surface area contributed by atoms with Crippen LogP contribution in [0.15, 0.2) is 42.6 Å². The molecule has 0 bridgehead atoms. The van der Waals surface area contributed by atoms with Gasteiger partial charge in [-0.15, -0.1) is 0 Å². The van der Waals surface area contributed by atoms with E-state index in [-0.39, 0.29) is 11.7 Å². The number of carbonyl (C=O) groups excluding carboxylic acids is 1. The van der Waals surface area contributed by atoms with Gasteiger partial charge in [-0.1, -0.05) is 12.1 Å². The Hall–Kier alpha value is -2.47. The number of aromatic nitrogens is 1. The Morgan fingerprint density at radius 2 is 2.00 bits per heavy atom. The number of ether oxygens (including phenoxy) is 1. The van der Waals surface area contributed by atoms with Crippen LogP contribution in [0.3, 0.4) is 0 Å². The van der Waals surface area contributed by atoms with Gasteiger partial charge in [-0.25, -0.2) is 9.37 Å². The Morgan fingerprint density at radius 3 is 2.65 bits per heavy atom. The van der Waals surface area contributed by atoms with E-state index < -0.39 is 0 Å². The summed E-state index contributed by atoms with van der Waals surface area (Å²) in [7, 11) is 1.63. The zero-order valence-corrected chi connectivity index (χ0v) is 13.0. The average molecular weight is 317 g/mol. The van der Waals surface area contributed by atoms with Crippen LogP contribution < -0.4 is 10.6 Å². The van der Waals surface area contributed by atoms with Gasteiger partial charge < -0.3 is 15.4 Å². The summed E-state index contributed by atoms with van der Waals surface area (Å²) in [5.74, 6) is 0.247. The predicted molar refractivity (Wildman–Crippen MR) is 86.8 cm³/mol. The molecular weight excluding hydrogens is 297 g/mol. The van der Waals surface area contributed by atoms with E-state index in [1.165, 1.54) is 18.3 Å². The molecule has 2 aromatic rings. The minimum atomic E-state index is -0.257. The van der Waals surface area contributed by atoms with Gasteiger partial charge >= 0.3 is 0 Å². The first kappa shape index (κ1) is 16.9. The fraction of sp³-hybridized carbons (Fsp3) is 0.294. The number of hydrogen-bond acceptors (Lipinski definition) is 4. The molecule has 0 unspecified atom stereocenters. The summed E-state index contributed by atoms with van der Waals surface area (Å²) in [6, 6.07) is 9.72. The summed E-state index contributed by atoms with van der Waals surface area (Å²) < 4.78 is 17.7. The third-order valence-electron chi connectivity index (χ3n) is 3.22. The second-order valence-corrected chi connectivity index (χ2v) is 5.01. The maximum absolute atomic E-state index is 12.8. The van der Waals surface area contributed by atoms with Crippen LogP contribution in [0.1, 0.15) is 22.3 Å². The van der Waals surface area contributed by atoms with Crippen molar-refractivity contribution in [2.45, 2.75) is 13.0 Å². The molecule has 2 N–H and O–H groups in total. The molecule has 1 amide bonds. The molecule has 122 valence electrons. The van der Waals surface area contributed by atoms with Crippen molar-refractivity contribution in [2.75, 3.05) is 25.6 Å². The third-order valence-corrected chi connectivity index (χ3v) is 3.22.